The molecule has 222 valence electrons. The summed E-state index contributed by atoms with van der Waals surface area (Å²) in [4.78, 5) is 40.6. The Balaban J connectivity index is 1.64. The first kappa shape index (κ1) is 29.4. The number of aromatic nitrogens is 2. The third kappa shape index (κ3) is 5.29. The summed E-state index contributed by atoms with van der Waals surface area (Å²) in [5, 5.41) is 4.36. The van der Waals surface area contributed by atoms with Crippen LogP contribution in [-0.4, -0.2) is 52.5 Å². The van der Waals surface area contributed by atoms with Gasteiger partial charge in [-0.05, 0) is 59.6 Å². The van der Waals surface area contributed by atoms with E-state index in [1.54, 1.807) is 30.9 Å². The summed E-state index contributed by atoms with van der Waals surface area (Å²) in [6.45, 7) is 5.37. The molecule has 42 heavy (non-hydrogen) atoms. The van der Waals surface area contributed by atoms with Crippen molar-refractivity contribution in [3.05, 3.63) is 92.4 Å². The summed E-state index contributed by atoms with van der Waals surface area (Å²) in [6, 6.07) is 8.13. The number of benzene rings is 2. The molecular weight excluding hydrogens is 546 g/mol. The molecule has 0 radical (unpaired) electrons. The third-order valence-corrected chi connectivity index (χ3v) is 8.06. The number of carbonyl (C=O) groups is 2. The Morgan fingerprint density at radius 1 is 1.07 bits per heavy atom. The third-order valence-electron chi connectivity index (χ3n) is 8.06. The van der Waals surface area contributed by atoms with E-state index in [-0.39, 0.29) is 35.5 Å². The fraction of sp³-hybridized carbons (Fsp3) is 0.419. The topological polar surface area (TPSA) is 117 Å². The lowest BCUT2D eigenvalue weighted by Gasteiger charge is -2.40. The van der Waals surface area contributed by atoms with Gasteiger partial charge in [-0.15, -0.1) is 0 Å². The van der Waals surface area contributed by atoms with Crippen LogP contribution in [0.25, 0.3) is 0 Å². The summed E-state index contributed by atoms with van der Waals surface area (Å²) in [6.07, 6.45) is 2.27. The van der Waals surface area contributed by atoms with Crippen molar-refractivity contribution < 1.29 is 27.8 Å². The molecule has 1 amide bonds. The first-order chi connectivity index (χ1) is 20.1. The maximum atomic E-state index is 15.2. The number of rotatable bonds is 8. The van der Waals surface area contributed by atoms with E-state index in [4.69, 9.17) is 15.2 Å². The summed E-state index contributed by atoms with van der Waals surface area (Å²) >= 11 is 0. The van der Waals surface area contributed by atoms with Crippen LogP contribution in [0.5, 0.6) is 5.75 Å². The van der Waals surface area contributed by atoms with Gasteiger partial charge in [0.2, 0.25) is 18.0 Å². The zero-order valence-corrected chi connectivity index (χ0v) is 23.8. The standard InChI is InChI=1S/C31H34F2N4O5/c1-4-13-36-15-24(26-20-7-5-9-22(32)18(20)11-12-19-21(26)8-6-10-23(19)33)37-28(30(36)39)29(25(38)14-35-37)41-16-42-31(40)27(34)17(2)3/h5-10,14,17,24,26-27H,4,11-13,15-16,34H2,1-3H3/t24-,27?/m1/s1. The van der Waals surface area contributed by atoms with Crippen LogP contribution in [0.3, 0.4) is 0 Å². The van der Waals surface area contributed by atoms with Crippen LogP contribution in [0.15, 0.2) is 47.4 Å². The number of esters is 1. The van der Waals surface area contributed by atoms with Gasteiger partial charge in [0.25, 0.3) is 5.91 Å². The maximum absolute atomic E-state index is 15.2. The predicted octanol–water partition coefficient (Wildman–Crippen LogP) is 3.72. The molecule has 5 rings (SSSR count). The molecule has 1 aromatic heterocycles. The summed E-state index contributed by atoms with van der Waals surface area (Å²) in [7, 11) is 0. The largest absolute Gasteiger partial charge is 0.451 e. The van der Waals surface area contributed by atoms with Gasteiger partial charge in [0.05, 0.1) is 12.2 Å². The highest BCUT2D eigenvalue weighted by Crippen LogP contribution is 2.44. The monoisotopic (exact) mass is 580 g/mol. The number of carbonyl (C=O) groups excluding carboxylic acids is 2. The molecule has 0 saturated heterocycles. The quantitative estimate of drug-likeness (QED) is 0.319. The second-order valence-electron chi connectivity index (χ2n) is 11.0. The molecule has 1 aliphatic heterocycles. The van der Waals surface area contributed by atoms with E-state index >= 15 is 8.78 Å². The highest BCUT2D eigenvalue weighted by atomic mass is 19.1. The van der Waals surface area contributed by atoms with E-state index in [9.17, 15) is 14.4 Å². The number of halogens is 2. The van der Waals surface area contributed by atoms with Crippen molar-refractivity contribution in [3.8, 4) is 5.75 Å². The lowest BCUT2D eigenvalue weighted by molar-refractivity contribution is -0.152. The van der Waals surface area contributed by atoms with Crippen LogP contribution in [0.1, 0.15) is 71.9 Å². The molecule has 0 saturated carbocycles. The number of nitrogens with two attached hydrogens (primary N) is 1. The fourth-order valence-corrected chi connectivity index (χ4v) is 5.89. The Hall–Kier alpha value is -4.12. The minimum absolute atomic E-state index is 0.114. The number of hydrogen-bond acceptors (Lipinski definition) is 7. The van der Waals surface area contributed by atoms with Gasteiger partial charge >= 0.3 is 5.97 Å². The molecule has 2 aromatic carbocycles. The van der Waals surface area contributed by atoms with Gasteiger partial charge < -0.3 is 20.1 Å². The van der Waals surface area contributed by atoms with Gasteiger partial charge in [-0.1, -0.05) is 45.0 Å². The van der Waals surface area contributed by atoms with Gasteiger partial charge in [0, 0.05) is 19.0 Å². The van der Waals surface area contributed by atoms with Crippen molar-refractivity contribution >= 4 is 11.9 Å². The van der Waals surface area contributed by atoms with Crippen molar-refractivity contribution in [2.45, 2.75) is 58.0 Å². The van der Waals surface area contributed by atoms with Gasteiger partial charge in [0.1, 0.15) is 17.7 Å². The highest BCUT2D eigenvalue weighted by Gasteiger charge is 2.42. The van der Waals surface area contributed by atoms with Crippen LogP contribution >= 0.6 is 0 Å². The van der Waals surface area contributed by atoms with Crippen LogP contribution in [0, 0.1) is 17.6 Å². The fourth-order valence-electron chi connectivity index (χ4n) is 5.89. The molecule has 0 spiro atoms. The van der Waals surface area contributed by atoms with E-state index in [0.29, 0.717) is 48.1 Å². The van der Waals surface area contributed by atoms with Crippen molar-refractivity contribution in [1.82, 2.24) is 14.7 Å². The molecule has 2 heterocycles. The summed E-state index contributed by atoms with van der Waals surface area (Å²) in [5.74, 6) is -3.06. The first-order valence-corrected chi connectivity index (χ1v) is 14.1. The Labute approximate surface area is 242 Å². The smallest absolute Gasteiger partial charge is 0.326 e. The van der Waals surface area contributed by atoms with Crippen LogP contribution in [0.2, 0.25) is 0 Å². The predicted molar refractivity (Wildman–Crippen MR) is 150 cm³/mol. The zero-order chi connectivity index (χ0) is 30.1. The van der Waals surface area contributed by atoms with E-state index in [1.807, 2.05) is 19.1 Å². The first-order valence-electron chi connectivity index (χ1n) is 14.1. The SMILES string of the molecule is CCCN1C[C@H](C2c3cccc(F)c3CCc3c(F)cccc32)n2ncc(=O)c(OCOC(=O)C(N)C(C)C)c2C1=O. The lowest BCUT2D eigenvalue weighted by Crippen LogP contribution is -2.47. The summed E-state index contributed by atoms with van der Waals surface area (Å²) < 4.78 is 42.6. The number of ether oxygens (including phenoxy) is 2. The molecule has 2 atom stereocenters. The average molecular weight is 581 g/mol. The summed E-state index contributed by atoms with van der Waals surface area (Å²) in [5.41, 5.74) is 7.35. The van der Waals surface area contributed by atoms with Gasteiger partial charge in [-0.2, -0.15) is 5.10 Å². The molecule has 1 aliphatic carbocycles. The van der Waals surface area contributed by atoms with Crippen molar-refractivity contribution in [2.75, 3.05) is 19.9 Å². The van der Waals surface area contributed by atoms with E-state index in [0.717, 1.165) is 6.20 Å². The van der Waals surface area contributed by atoms with Crippen LogP contribution < -0.4 is 15.9 Å². The Morgan fingerprint density at radius 2 is 1.69 bits per heavy atom. The zero-order valence-electron chi connectivity index (χ0n) is 23.8. The molecule has 3 aromatic rings. The van der Waals surface area contributed by atoms with E-state index < -0.39 is 42.1 Å². The molecule has 2 N–H and O–H groups in total. The maximum Gasteiger partial charge on any atom is 0.326 e. The molecule has 0 bridgehead atoms. The number of hydrogen-bond donors (Lipinski definition) is 1. The number of amides is 1. The van der Waals surface area contributed by atoms with Crippen molar-refractivity contribution in [3.63, 3.8) is 0 Å². The minimum Gasteiger partial charge on any atom is -0.451 e. The Morgan fingerprint density at radius 3 is 2.26 bits per heavy atom. The molecule has 1 unspecified atom stereocenters. The molecular formula is C31H34F2N4O5. The lowest BCUT2D eigenvalue weighted by atomic mass is 9.81. The molecule has 9 nitrogen and oxygen atoms in total. The number of fused-ring (bicyclic) bond motifs is 3. The van der Waals surface area contributed by atoms with Crippen molar-refractivity contribution in [1.29, 1.82) is 0 Å². The van der Waals surface area contributed by atoms with E-state index in [1.165, 1.54) is 16.8 Å². The van der Waals surface area contributed by atoms with Crippen LogP contribution in [-0.2, 0) is 22.4 Å². The normalized spacial score (nSPS) is 17.3. The number of nitrogens with zero attached hydrogens (tertiary/aromatic N) is 3. The van der Waals surface area contributed by atoms with Crippen LogP contribution in [0.4, 0.5) is 8.78 Å². The molecule has 0 fully saturated rings. The van der Waals surface area contributed by atoms with Crippen molar-refractivity contribution in [2.24, 2.45) is 11.7 Å². The minimum atomic E-state index is -0.886. The molecule has 11 heteroatoms. The highest BCUT2D eigenvalue weighted by molar-refractivity contribution is 5.96. The van der Waals surface area contributed by atoms with E-state index in [2.05, 4.69) is 5.10 Å². The Kier molecular flexibility index (Phi) is 8.40. The average Bonchev–Trinajstić information content (AvgIpc) is 3.13. The van der Waals surface area contributed by atoms with Gasteiger partial charge in [-0.3, -0.25) is 19.1 Å². The van der Waals surface area contributed by atoms with Gasteiger partial charge in [-0.25, -0.2) is 8.78 Å². The Bertz CT molecular complexity index is 1520. The second-order valence-corrected chi connectivity index (χ2v) is 11.0. The van der Waals surface area contributed by atoms with Gasteiger partial charge in [0.15, 0.2) is 5.69 Å². The second kappa shape index (κ2) is 12.0. The molecule has 2 aliphatic rings.